The Labute approximate surface area is 100.0 Å². The molecule has 0 fully saturated rings. The fourth-order valence-electron chi connectivity index (χ4n) is 1.18. The molecule has 0 unspecified atom stereocenters. The van der Waals surface area contributed by atoms with Crippen LogP contribution in [0, 0.1) is 23.3 Å². The van der Waals surface area contributed by atoms with Gasteiger partial charge < -0.3 is 9.84 Å². The van der Waals surface area contributed by atoms with Gasteiger partial charge in [-0.15, -0.1) is 0 Å². The molecule has 0 atom stereocenters. The topological polar surface area (TPSA) is 46.5 Å². The van der Waals surface area contributed by atoms with E-state index in [1.165, 1.54) is 0 Å². The zero-order valence-corrected chi connectivity index (χ0v) is 9.40. The zero-order chi connectivity index (χ0) is 13.9. The van der Waals surface area contributed by atoms with Gasteiger partial charge in [-0.2, -0.15) is 8.78 Å². The largest absolute Gasteiger partial charge is 0.503 e. The van der Waals surface area contributed by atoms with E-state index in [-0.39, 0.29) is 6.61 Å². The third-order valence-corrected chi connectivity index (χ3v) is 2.18. The Morgan fingerprint density at radius 3 is 2.06 bits per heavy atom. The third kappa shape index (κ3) is 2.55. The first-order chi connectivity index (χ1) is 8.41. The van der Waals surface area contributed by atoms with Crippen molar-refractivity contribution in [3.8, 4) is 5.75 Å². The van der Waals surface area contributed by atoms with Gasteiger partial charge in [0.05, 0.1) is 6.61 Å². The molecule has 0 bridgehead atoms. The second kappa shape index (κ2) is 5.70. The van der Waals surface area contributed by atoms with Crippen LogP contribution in [-0.2, 0) is 4.74 Å². The van der Waals surface area contributed by atoms with Gasteiger partial charge in [0.2, 0.25) is 11.6 Å². The highest BCUT2D eigenvalue weighted by molar-refractivity contribution is 5.90. The number of phenols is 1. The van der Waals surface area contributed by atoms with E-state index in [0.717, 1.165) is 0 Å². The van der Waals surface area contributed by atoms with Gasteiger partial charge in [0, 0.05) is 0 Å². The number of phenolic OH excluding ortho intramolecular Hbond substituents is 1. The molecule has 0 aliphatic carbocycles. The molecule has 1 aromatic carbocycles. The van der Waals surface area contributed by atoms with Crippen LogP contribution in [-0.4, -0.2) is 17.7 Å². The highest BCUT2D eigenvalue weighted by Crippen LogP contribution is 2.29. The molecule has 18 heavy (non-hydrogen) atoms. The summed E-state index contributed by atoms with van der Waals surface area (Å²) in [4.78, 5) is 11.3. The minimum atomic E-state index is -2.03. The lowest BCUT2D eigenvalue weighted by molar-refractivity contribution is 0.0485. The fraction of sp³-hybridized carbons (Fsp3) is 0.364. The van der Waals surface area contributed by atoms with Crippen LogP contribution >= 0.6 is 0 Å². The molecule has 0 aliphatic heterocycles. The van der Waals surface area contributed by atoms with Crippen molar-refractivity contribution in [1.29, 1.82) is 0 Å². The van der Waals surface area contributed by atoms with Gasteiger partial charge in [0.15, 0.2) is 17.4 Å². The summed E-state index contributed by atoms with van der Waals surface area (Å²) in [7, 11) is 0. The van der Waals surface area contributed by atoms with E-state index in [1.54, 1.807) is 6.92 Å². The molecule has 0 aliphatic rings. The lowest BCUT2D eigenvalue weighted by atomic mass is 10.1. The molecule has 0 amide bonds. The van der Waals surface area contributed by atoms with Crippen molar-refractivity contribution in [3.05, 3.63) is 28.8 Å². The first-order valence-electron chi connectivity index (χ1n) is 5.13. The van der Waals surface area contributed by atoms with E-state index in [0.29, 0.717) is 12.8 Å². The number of hydrogen-bond acceptors (Lipinski definition) is 3. The molecule has 0 radical (unpaired) electrons. The second-order valence-electron chi connectivity index (χ2n) is 3.47. The Bertz CT molecular complexity index is 445. The predicted octanol–water partition coefficient (Wildman–Crippen LogP) is 2.91. The maximum atomic E-state index is 13.2. The van der Waals surface area contributed by atoms with Crippen molar-refractivity contribution in [2.75, 3.05) is 6.61 Å². The number of carbonyl (C=O) groups excluding carboxylic acids is 1. The van der Waals surface area contributed by atoms with Gasteiger partial charge in [0.25, 0.3) is 0 Å². The van der Waals surface area contributed by atoms with Crippen LogP contribution in [0.25, 0.3) is 0 Å². The van der Waals surface area contributed by atoms with Gasteiger partial charge in [-0.1, -0.05) is 13.3 Å². The monoisotopic (exact) mass is 266 g/mol. The first-order valence-corrected chi connectivity index (χ1v) is 5.13. The number of ether oxygens (including phenoxy) is 1. The number of hydrogen-bond donors (Lipinski definition) is 1. The van der Waals surface area contributed by atoms with Crippen molar-refractivity contribution in [2.24, 2.45) is 0 Å². The van der Waals surface area contributed by atoms with Crippen molar-refractivity contribution in [2.45, 2.75) is 19.8 Å². The number of benzene rings is 1. The Hall–Kier alpha value is -1.79. The maximum absolute atomic E-state index is 13.2. The Morgan fingerprint density at radius 1 is 1.11 bits per heavy atom. The summed E-state index contributed by atoms with van der Waals surface area (Å²) >= 11 is 0. The summed E-state index contributed by atoms with van der Waals surface area (Å²) in [5.74, 6) is -11.3. The average molecular weight is 266 g/mol. The molecular weight excluding hydrogens is 256 g/mol. The molecule has 0 heterocycles. The molecule has 3 nitrogen and oxygen atoms in total. The first kappa shape index (κ1) is 14.3. The molecule has 1 aromatic rings. The molecule has 0 saturated heterocycles. The lowest BCUT2D eigenvalue weighted by Gasteiger charge is -2.08. The normalized spacial score (nSPS) is 10.5. The molecule has 0 aromatic heterocycles. The SMILES string of the molecule is CCCCOC(=O)c1c(F)c(F)c(O)c(F)c1F. The Balaban J connectivity index is 3.13. The fourth-order valence-corrected chi connectivity index (χ4v) is 1.18. The Kier molecular flexibility index (Phi) is 4.52. The second-order valence-corrected chi connectivity index (χ2v) is 3.47. The summed E-state index contributed by atoms with van der Waals surface area (Å²) in [5, 5.41) is 8.71. The zero-order valence-electron chi connectivity index (χ0n) is 9.40. The highest BCUT2D eigenvalue weighted by atomic mass is 19.2. The number of aromatic hydroxyl groups is 1. The molecule has 1 N–H and O–H groups in total. The molecule has 1 rings (SSSR count). The standard InChI is InChI=1S/C11H10F4O3/c1-2-3-4-18-11(17)5-6(12)8(14)10(16)9(15)7(5)13/h16H,2-4H2,1H3. The van der Waals surface area contributed by atoms with Gasteiger partial charge >= 0.3 is 5.97 Å². The summed E-state index contributed by atoms with van der Waals surface area (Å²) in [6.07, 6.45) is 1.11. The number of carbonyl (C=O) groups is 1. The van der Waals surface area contributed by atoms with Gasteiger partial charge in [-0.3, -0.25) is 0 Å². The van der Waals surface area contributed by atoms with Crippen LogP contribution < -0.4 is 0 Å². The van der Waals surface area contributed by atoms with Crippen molar-refractivity contribution in [3.63, 3.8) is 0 Å². The molecule has 7 heteroatoms. The van der Waals surface area contributed by atoms with Gasteiger partial charge in [-0.05, 0) is 6.42 Å². The minimum Gasteiger partial charge on any atom is -0.503 e. The van der Waals surface area contributed by atoms with Crippen LogP contribution in [0.4, 0.5) is 17.6 Å². The van der Waals surface area contributed by atoms with Crippen molar-refractivity contribution >= 4 is 5.97 Å². The molecular formula is C11H10F4O3. The van der Waals surface area contributed by atoms with E-state index in [2.05, 4.69) is 4.74 Å². The predicted molar refractivity (Wildman–Crippen MR) is 53.1 cm³/mol. The lowest BCUT2D eigenvalue weighted by Crippen LogP contribution is -2.14. The van der Waals surface area contributed by atoms with Crippen LogP contribution in [0.3, 0.4) is 0 Å². The summed E-state index contributed by atoms with van der Waals surface area (Å²) in [6, 6.07) is 0. The van der Waals surface area contributed by atoms with E-state index in [4.69, 9.17) is 5.11 Å². The van der Waals surface area contributed by atoms with Gasteiger partial charge in [-0.25, -0.2) is 13.6 Å². The number of esters is 1. The average Bonchev–Trinajstić information content (AvgIpc) is 2.34. The van der Waals surface area contributed by atoms with Crippen molar-refractivity contribution in [1.82, 2.24) is 0 Å². The number of unbranched alkanes of at least 4 members (excludes halogenated alkanes) is 1. The van der Waals surface area contributed by atoms with Crippen molar-refractivity contribution < 1.29 is 32.2 Å². The number of halogens is 4. The van der Waals surface area contributed by atoms with Crippen LogP contribution in [0.2, 0.25) is 0 Å². The smallest absolute Gasteiger partial charge is 0.344 e. The van der Waals surface area contributed by atoms with Crippen LogP contribution in [0.1, 0.15) is 30.1 Å². The minimum absolute atomic E-state index is 0.127. The van der Waals surface area contributed by atoms with E-state index < -0.39 is 40.6 Å². The highest BCUT2D eigenvalue weighted by Gasteiger charge is 2.30. The third-order valence-electron chi connectivity index (χ3n) is 2.18. The molecule has 100 valence electrons. The van der Waals surface area contributed by atoms with E-state index >= 15 is 0 Å². The number of rotatable bonds is 4. The molecule has 0 spiro atoms. The quantitative estimate of drug-likeness (QED) is 0.394. The summed E-state index contributed by atoms with van der Waals surface area (Å²) < 4.78 is 56.8. The summed E-state index contributed by atoms with van der Waals surface area (Å²) in [5.41, 5.74) is -1.49. The maximum Gasteiger partial charge on any atom is 0.344 e. The molecule has 0 saturated carbocycles. The Morgan fingerprint density at radius 2 is 1.61 bits per heavy atom. The van der Waals surface area contributed by atoms with Crippen LogP contribution in [0.5, 0.6) is 5.75 Å². The summed E-state index contributed by atoms with van der Waals surface area (Å²) in [6.45, 7) is 1.66. The van der Waals surface area contributed by atoms with E-state index in [1.807, 2.05) is 0 Å². The van der Waals surface area contributed by atoms with E-state index in [9.17, 15) is 22.4 Å². The van der Waals surface area contributed by atoms with Gasteiger partial charge in [0.1, 0.15) is 5.56 Å². The van der Waals surface area contributed by atoms with Crippen LogP contribution in [0.15, 0.2) is 0 Å².